The number of aromatic nitrogens is 1. The Morgan fingerprint density at radius 3 is 2.62 bits per heavy atom. The zero-order valence-corrected chi connectivity index (χ0v) is 12.9. The third kappa shape index (κ3) is 2.91. The Morgan fingerprint density at radius 1 is 1.10 bits per heavy atom. The van der Waals surface area contributed by atoms with Crippen molar-refractivity contribution in [3.63, 3.8) is 0 Å². The molecule has 0 aliphatic carbocycles. The average molecular weight is 297 g/mol. The minimum atomic E-state index is 0.694. The first kappa shape index (κ1) is 14.0. The molecule has 21 heavy (non-hydrogen) atoms. The number of nitrogens with zero attached hydrogens (tertiary/aromatic N) is 2. The third-order valence-electron chi connectivity index (χ3n) is 3.54. The summed E-state index contributed by atoms with van der Waals surface area (Å²) in [6.45, 7) is 3.71. The highest BCUT2D eigenvalue weighted by atomic mass is 32.1. The third-order valence-corrected chi connectivity index (χ3v) is 4.44. The highest BCUT2D eigenvalue weighted by Gasteiger charge is 2.15. The van der Waals surface area contributed by atoms with E-state index in [1.807, 2.05) is 6.07 Å². The van der Waals surface area contributed by atoms with Crippen molar-refractivity contribution in [1.82, 2.24) is 4.37 Å². The van der Waals surface area contributed by atoms with Crippen LogP contribution in [0.3, 0.4) is 0 Å². The molecule has 0 unspecified atom stereocenters. The number of hydrogen-bond donors (Lipinski definition) is 1. The van der Waals surface area contributed by atoms with Crippen molar-refractivity contribution in [1.29, 1.82) is 0 Å². The highest BCUT2D eigenvalue weighted by Crippen LogP contribution is 2.36. The molecule has 0 aliphatic heterocycles. The van der Waals surface area contributed by atoms with E-state index in [2.05, 4.69) is 58.7 Å². The topological polar surface area (TPSA) is 42.1 Å². The Bertz CT molecular complexity index is 718. The van der Waals surface area contributed by atoms with E-state index in [1.165, 1.54) is 21.6 Å². The van der Waals surface area contributed by atoms with Crippen LogP contribution in [0.5, 0.6) is 0 Å². The molecule has 3 rings (SSSR count). The summed E-state index contributed by atoms with van der Waals surface area (Å²) in [5.41, 5.74) is 9.23. The van der Waals surface area contributed by atoms with E-state index in [0.717, 1.165) is 18.5 Å². The molecule has 0 fully saturated rings. The van der Waals surface area contributed by atoms with Crippen molar-refractivity contribution in [2.45, 2.75) is 13.3 Å². The lowest BCUT2D eigenvalue weighted by molar-refractivity contribution is 0.823. The quantitative estimate of drug-likeness (QED) is 0.771. The fourth-order valence-electron chi connectivity index (χ4n) is 2.39. The van der Waals surface area contributed by atoms with Crippen LogP contribution in [0.25, 0.3) is 10.9 Å². The molecule has 0 atom stereocenters. The number of benzene rings is 2. The normalized spacial score (nSPS) is 11.0. The number of nitrogens with two attached hydrogens (primary N) is 1. The van der Waals surface area contributed by atoms with Crippen molar-refractivity contribution in [3.8, 4) is 0 Å². The van der Waals surface area contributed by atoms with Gasteiger partial charge in [0, 0.05) is 17.6 Å². The first-order valence-corrected chi connectivity index (χ1v) is 7.95. The van der Waals surface area contributed by atoms with Crippen molar-refractivity contribution in [3.05, 3.63) is 54.1 Å². The molecule has 3 aromatic rings. The fourth-order valence-corrected chi connectivity index (χ4v) is 3.30. The van der Waals surface area contributed by atoms with Gasteiger partial charge in [0.15, 0.2) is 0 Å². The van der Waals surface area contributed by atoms with E-state index in [0.29, 0.717) is 6.54 Å². The number of rotatable bonds is 5. The van der Waals surface area contributed by atoms with E-state index in [9.17, 15) is 0 Å². The molecule has 0 spiro atoms. The second-order valence-corrected chi connectivity index (χ2v) is 5.89. The maximum Gasteiger partial charge on any atom is 0.124 e. The van der Waals surface area contributed by atoms with E-state index in [-0.39, 0.29) is 0 Å². The van der Waals surface area contributed by atoms with E-state index >= 15 is 0 Å². The zero-order valence-electron chi connectivity index (χ0n) is 12.1. The van der Waals surface area contributed by atoms with Gasteiger partial charge in [0.25, 0.3) is 0 Å². The molecule has 0 saturated heterocycles. The van der Waals surface area contributed by atoms with Crippen LogP contribution < -0.4 is 10.6 Å². The van der Waals surface area contributed by atoms with Gasteiger partial charge in [-0.15, -0.1) is 0 Å². The van der Waals surface area contributed by atoms with Gasteiger partial charge in [-0.1, -0.05) is 29.8 Å². The summed E-state index contributed by atoms with van der Waals surface area (Å²) >= 11 is 1.56. The lowest BCUT2D eigenvalue weighted by Crippen LogP contribution is -2.20. The maximum absolute atomic E-state index is 5.71. The Balaban J connectivity index is 2.04. The Morgan fingerprint density at radius 2 is 1.86 bits per heavy atom. The molecule has 4 heteroatoms. The van der Waals surface area contributed by atoms with Crippen LogP contribution in [0.2, 0.25) is 0 Å². The molecule has 0 radical (unpaired) electrons. The van der Waals surface area contributed by atoms with Gasteiger partial charge in [-0.3, -0.25) is 0 Å². The molecule has 1 aromatic heterocycles. The van der Waals surface area contributed by atoms with Gasteiger partial charge < -0.3 is 10.6 Å². The van der Waals surface area contributed by atoms with Gasteiger partial charge in [-0.25, -0.2) is 0 Å². The fraction of sp³-hybridized carbons (Fsp3) is 0.235. The predicted molar refractivity (Wildman–Crippen MR) is 91.5 cm³/mol. The Kier molecular flexibility index (Phi) is 4.18. The number of anilines is 2. The van der Waals surface area contributed by atoms with Crippen LogP contribution in [0.15, 0.2) is 48.5 Å². The van der Waals surface area contributed by atoms with Crippen molar-refractivity contribution < 1.29 is 0 Å². The van der Waals surface area contributed by atoms with E-state index in [1.54, 1.807) is 11.5 Å². The summed E-state index contributed by atoms with van der Waals surface area (Å²) in [7, 11) is 0. The number of aryl methyl sites for hydroxylation is 1. The van der Waals surface area contributed by atoms with Crippen LogP contribution >= 0.6 is 11.5 Å². The molecule has 0 bridgehead atoms. The Hall–Kier alpha value is -1.91. The molecule has 0 amide bonds. The molecule has 2 aromatic carbocycles. The molecule has 2 N–H and O–H groups in total. The van der Waals surface area contributed by atoms with Gasteiger partial charge in [-0.2, -0.15) is 4.37 Å². The SMILES string of the molecule is Cc1ccc(N(CCCN)c2snc3ccccc23)cc1. The molecule has 1 heterocycles. The number of fused-ring (bicyclic) bond motifs is 1. The van der Waals surface area contributed by atoms with Gasteiger partial charge in [0.1, 0.15) is 5.00 Å². The molecular formula is C17H19N3S. The maximum atomic E-state index is 5.71. The van der Waals surface area contributed by atoms with Crippen LogP contribution in [-0.4, -0.2) is 17.5 Å². The van der Waals surface area contributed by atoms with E-state index < -0.39 is 0 Å². The van der Waals surface area contributed by atoms with Crippen LogP contribution in [0.1, 0.15) is 12.0 Å². The largest absolute Gasteiger partial charge is 0.331 e. The Labute approximate surface area is 129 Å². The minimum Gasteiger partial charge on any atom is -0.331 e. The minimum absolute atomic E-state index is 0.694. The van der Waals surface area contributed by atoms with Gasteiger partial charge in [0.05, 0.1) is 5.52 Å². The second kappa shape index (κ2) is 6.24. The van der Waals surface area contributed by atoms with Gasteiger partial charge >= 0.3 is 0 Å². The first-order chi connectivity index (χ1) is 10.3. The predicted octanol–water partition coefficient (Wildman–Crippen LogP) is 4.09. The van der Waals surface area contributed by atoms with E-state index in [4.69, 9.17) is 5.73 Å². The van der Waals surface area contributed by atoms with Crippen LogP contribution in [0, 0.1) is 6.92 Å². The summed E-state index contributed by atoms with van der Waals surface area (Å²) in [4.78, 5) is 2.33. The summed E-state index contributed by atoms with van der Waals surface area (Å²) in [6.07, 6.45) is 0.958. The second-order valence-electron chi connectivity index (χ2n) is 5.13. The van der Waals surface area contributed by atoms with Crippen molar-refractivity contribution >= 4 is 33.1 Å². The van der Waals surface area contributed by atoms with Gasteiger partial charge in [-0.05, 0) is 55.7 Å². The van der Waals surface area contributed by atoms with Crippen LogP contribution in [-0.2, 0) is 0 Å². The molecule has 108 valence electrons. The first-order valence-electron chi connectivity index (χ1n) is 7.18. The average Bonchev–Trinajstić information content (AvgIpc) is 2.93. The van der Waals surface area contributed by atoms with Gasteiger partial charge in [0.2, 0.25) is 0 Å². The lowest BCUT2D eigenvalue weighted by atomic mass is 10.2. The summed E-state index contributed by atoms with van der Waals surface area (Å²) < 4.78 is 4.56. The monoisotopic (exact) mass is 297 g/mol. The molecule has 3 nitrogen and oxygen atoms in total. The molecule has 0 saturated carbocycles. The highest BCUT2D eigenvalue weighted by molar-refractivity contribution is 7.12. The standard InChI is InChI=1S/C17H19N3S/c1-13-7-9-14(10-8-13)20(12-4-11-18)17-15-5-2-3-6-16(15)19-21-17/h2-3,5-10H,4,11-12,18H2,1H3. The zero-order chi connectivity index (χ0) is 14.7. The lowest BCUT2D eigenvalue weighted by Gasteiger charge is -2.23. The smallest absolute Gasteiger partial charge is 0.124 e. The molecule has 0 aliphatic rings. The molecular weight excluding hydrogens is 278 g/mol. The van der Waals surface area contributed by atoms with Crippen LogP contribution in [0.4, 0.5) is 10.7 Å². The van der Waals surface area contributed by atoms with Crippen molar-refractivity contribution in [2.75, 3.05) is 18.0 Å². The van der Waals surface area contributed by atoms with Crippen molar-refractivity contribution in [2.24, 2.45) is 5.73 Å². The summed E-state index contributed by atoms with van der Waals surface area (Å²) in [6, 6.07) is 16.9. The summed E-state index contributed by atoms with van der Waals surface area (Å²) in [5.74, 6) is 0. The number of hydrogen-bond acceptors (Lipinski definition) is 4. The summed E-state index contributed by atoms with van der Waals surface area (Å²) in [5, 5.41) is 2.41.